The maximum Gasteiger partial charge on any atom is 0.0597 e. The minimum atomic E-state index is 0.557. The molecule has 0 aromatic carbocycles. The molecule has 0 bridgehead atoms. The zero-order valence-corrected chi connectivity index (χ0v) is 10.3. The first-order valence-corrected chi connectivity index (χ1v) is 6.10. The Morgan fingerprint density at radius 2 is 1.93 bits per heavy atom. The first kappa shape index (κ1) is 12.3. The Morgan fingerprint density at radius 3 is 2.47 bits per heavy atom. The van der Waals surface area contributed by atoms with Crippen LogP contribution in [0.2, 0.25) is 0 Å². The van der Waals surface area contributed by atoms with Crippen LogP contribution in [0.5, 0.6) is 0 Å². The predicted molar refractivity (Wildman–Crippen MR) is 66.6 cm³/mol. The van der Waals surface area contributed by atoms with Gasteiger partial charge in [-0.15, -0.1) is 11.6 Å². The van der Waals surface area contributed by atoms with Crippen LogP contribution in [0.15, 0.2) is 18.5 Å². The van der Waals surface area contributed by atoms with Crippen LogP contribution in [0, 0.1) is 0 Å². The highest BCUT2D eigenvalue weighted by atomic mass is 35.5. The average molecular weight is 227 g/mol. The van der Waals surface area contributed by atoms with Crippen molar-refractivity contribution < 1.29 is 0 Å². The van der Waals surface area contributed by atoms with Crippen molar-refractivity contribution in [2.45, 2.75) is 32.6 Å². The van der Waals surface area contributed by atoms with E-state index in [-0.39, 0.29) is 0 Å². The number of alkyl halides is 1. The second-order valence-corrected chi connectivity index (χ2v) is 3.89. The maximum absolute atomic E-state index is 5.92. The van der Waals surface area contributed by atoms with Gasteiger partial charge < -0.3 is 4.90 Å². The Labute approximate surface area is 97.3 Å². The van der Waals surface area contributed by atoms with E-state index in [9.17, 15) is 0 Å². The molecule has 1 rings (SSSR count). The number of hydrogen-bond donors (Lipinski definition) is 0. The average Bonchev–Trinajstić information content (AvgIpc) is 2.29. The van der Waals surface area contributed by atoms with E-state index < -0.39 is 0 Å². The van der Waals surface area contributed by atoms with E-state index in [1.165, 1.54) is 11.3 Å². The molecule has 0 aliphatic heterocycles. The van der Waals surface area contributed by atoms with Crippen LogP contribution in [0.3, 0.4) is 0 Å². The minimum Gasteiger partial charge on any atom is -0.370 e. The fourth-order valence-electron chi connectivity index (χ4n) is 1.71. The molecule has 0 saturated heterocycles. The first-order chi connectivity index (χ1) is 7.33. The Morgan fingerprint density at radius 1 is 1.27 bits per heavy atom. The Hall–Kier alpha value is -0.760. The lowest BCUT2D eigenvalue weighted by Gasteiger charge is -2.25. The van der Waals surface area contributed by atoms with Crippen molar-refractivity contribution in [2.24, 2.45) is 0 Å². The van der Waals surface area contributed by atoms with E-state index in [4.69, 9.17) is 11.6 Å². The number of aromatic nitrogens is 1. The summed E-state index contributed by atoms with van der Waals surface area (Å²) in [4.78, 5) is 6.54. The summed E-state index contributed by atoms with van der Waals surface area (Å²) in [7, 11) is 0. The summed E-state index contributed by atoms with van der Waals surface area (Å²) >= 11 is 5.92. The fourth-order valence-corrected chi connectivity index (χ4v) is 1.93. The second kappa shape index (κ2) is 6.67. The van der Waals surface area contributed by atoms with Gasteiger partial charge in [0.15, 0.2) is 0 Å². The summed E-state index contributed by atoms with van der Waals surface area (Å²) in [6, 6.07) is 2.00. The molecule has 0 aliphatic rings. The van der Waals surface area contributed by atoms with Gasteiger partial charge >= 0.3 is 0 Å². The molecular weight excluding hydrogens is 208 g/mol. The highest BCUT2D eigenvalue weighted by molar-refractivity contribution is 6.17. The monoisotopic (exact) mass is 226 g/mol. The molecule has 84 valence electrons. The van der Waals surface area contributed by atoms with Crippen LogP contribution in [-0.2, 0) is 5.88 Å². The first-order valence-electron chi connectivity index (χ1n) is 5.57. The molecular formula is C12H19ClN2. The van der Waals surface area contributed by atoms with Crippen LogP contribution in [0.1, 0.15) is 32.3 Å². The van der Waals surface area contributed by atoms with Gasteiger partial charge in [-0.1, -0.05) is 13.8 Å². The van der Waals surface area contributed by atoms with Gasteiger partial charge in [0.25, 0.3) is 0 Å². The van der Waals surface area contributed by atoms with Gasteiger partial charge in [0, 0.05) is 25.2 Å². The molecule has 1 aromatic rings. The normalized spacial score (nSPS) is 10.3. The van der Waals surface area contributed by atoms with Gasteiger partial charge in [0.05, 0.1) is 11.9 Å². The Balaban J connectivity index is 2.88. The molecule has 1 heterocycles. The molecule has 0 spiro atoms. The van der Waals surface area contributed by atoms with Crippen molar-refractivity contribution in [3.63, 3.8) is 0 Å². The minimum absolute atomic E-state index is 0.557. The lowest BCUT2D eigenvalue weighted by atomic mass is 10.2. The lowest BCUT2D eigenvalue weighted by molar-refractivity contribution is 0.740. The van der Waals surface area contributed by atoms with Crippen molar-refractivity contribution in [1.82, 2.24) is 4.98 Å². The van der Waals surface area contributed by atoms with Crippen LogP contribution >= 0.6 is 11.6 Å². The van der Waals surface area contributed by atoms with Crippen LogP contribution < -0.4 is 4.90 Å². The molecule has 0 N–H and O–H groups in total. The summed E-state index contributed by atoms with van der Waals surface area (Å²) in [5.41, 5.74) is 2.37. The van der Waals surface area contributed by atoms with Crippen molar-refractivity contribution in [2.75, 3.05) is 18.0 Å². The SMILES string of the molecule is CCCN(CCC)c1cnccc1CCl. The van der Waals surface area contributed by atoms with Gasteiger partial charge in [0.2, 0.25) is 0 Å². The number of rotatable bonds is 6. The summed E-state index contributed by atoms with van der Waals surface area (Å²) in [6.45, 7) is 6.53. The topological polar surface area (TPSA) is 16.1 Å². The summed E-state index contributed by atoms with van der Waals surface area (Å²) < 4.78 is 0. The van der Waals surface area contributed by atoms with E-state index in [1.54, 1.807) is 6.20 Å². The third-order valence-corrected chi connectivity index (χ3v) is 2.65. The van der Waals surface area contributed by atoms with E-state index in [1.807, 2.05) is 12.3 Å². The van der Waals surface area contributed by atoms with Crippen LogP contribution in [-0.4, -0.2) is 18.1 Å². The van der Waals surface area contributed by atoms with Crippen molar-refractivity contribution in [3.05, 3.63) is 24.0 Å². The summed E-state index contributed by atoms with van der Waals surface area (Å²) in [6.07, 6.45) is 6.02. The molecule has 0 atom stereocenters. The highest BCUT2D eigenvalue weighted by Gasteiger charge is 2.08. The van der Waals surface area contributed by atoms with Gasteiger partial charge in [-0.05, 0) is 24.5 Å². The Kier molecular flexibility index (Phi) is 5.48. The molecule has 0 saturated carbocycles. The smallest absolute Gasteiger partial charge is 0.0597 e. The predicted octanol–water partition coefficient (Wildman–Crippen LogP) is 3.45. The van der Waals surface area contributed by atoms with E-state index in [0.29, 0.717) is 5.88 Å². The number of nitrogens with zero attached hydrogens (tertiary/aromatic N) is 2. The number of hydrogen-bond acceptors (Lipinski definition) is 2. The van der Waals surface area contributed by atoms with E-state index in [0.717, 1.165) is 25.9 Å². The van der Waals surface area contributed by atoms with E-state index >= 15 is 0 Å². The quantitative estimate of drug-likeness (QED) is 0.691. The third-order valence-electron chi connectivity index (χ3n) is 2.36. The highest BCUT2D eigenvalue weighted by Crippen LogP contribution is 2.21. The maximum atomic E-state index is 5.92. The van der Waals surface area contributed by atoms with Crippen LogP contribution in [0.25, 0.3) is 0 Å². The fraction of sp³-hybridized carbons (Fsp3) is 0.583. The van der Waals surface area contributed by atoms with Gasteiger partial charge in [-0.3, -0.25) is 4.98 Å². The Bertz CT molecular complexity index is 283. The molecule has 1 aromatic heterocycles. The van der Waals surface area contributed by atoms with Gasteiger partial charge in [-0.2, -0.15) is 0 Å². The standard InChI is InChI=1S/C12H19ClN2/c1-3-7-15(8-4-2)12-10-14-6-5-11(12)9-13/h5-6,10H,3-4,7-9H2,1-2H3. The molecule has 3 heteroatoms. The molecule has 15 heavy (non-hydrogen) atoms. The van der Waals surface area contributed by atoms with Crippen molar-refractivity contribution >= 4 is 17.3 Å². The molecule has 0 aliphatic carbocycles. The molecule has 0 fully saturated rings. The summed E-state index contributed by atoms with van der Waals surface area (Å²) in [5, 5.41) is 0. The molecule has 2 nitrogen and oxygen atoms in total. The lowest BCUT2D eigenvalue weighted by Crippen LogP contribution is -2.25. The largest absolute Gasteiger partial charge is 0.370 e. The number of anilines is 1. The zero-order valence-electron chi connectivity index (χ0n) is 9.54. The second-order valence-electron chi connectivity index (χ2n) is 3.63. The molecule has 0 amide bonds. The van der Waals surface area contributed by atoms with Crippen LogP contribution in [0.4, 0.5) is 5.69 Å². The van der Waals surface area contributed by atoms with Gasteiger partial charge in [0.1, 0.15) is 0 Å². The third kappa shape index (κ3) is 3.38. The van der Waals surface area contributed by atoms with Crippen molar-refractivity contribution in [3.8, 4) is 0 Å². The summed E-state index contributed by atoms with van der Waals surface area (Å²) in [5.74, 6) is 0.557. The van der Waals surface area contributed by atoms with E-state index in [2.05, 4.69) is 23.7 Å². The zero-order chi connectivity index (χ0) is 11.1. The molecule has 0 unspecified atom stereocenters. The van der Waals surface area contributed by atoms with Gasteiger partial charge in [-0.25, -0.2) is 0 Å². The number of halogens is 1. The van der Waals surface area contributed by atoms with Crippen molar-refractivity contribution in [1.29, 1.82) is 0 Å². The number of pyridine rings is 1. The molecule has 0 radical (unpaired) electrons.